The molecule has 0 amide bonds. The van der Waals surface area contributed by atoms with Crippen molar-refractivity contribution in [2.75, 3.05) is 25.0 Å². The van der Waals surface area contributed by atoms with Crippen LogP contribution in [0.5, 0.6) is 0 Å². The predicted octanol–water partition coefficient (Wildman–Crippen LogP) is 3.77. The van der Waals surface area contributed by atoms with Crippen LogP contribution in [-0.2, 0) is 6.54 Å². The summed E-state index contributed by atoms with van der Waals surface area (Å²) in [4.78, 5) is 4.94. The number of hydrogen-bond acceptors (Lipinski definition) is 4. The van der Waals surface area contributed by atoms with Gasteiger partial charge in [0.2, 0.25) is 0 Å². The Morgan fingerprint density at radius 2 is 2.12 bits per heavy atom. The van der Waals surface area contributed by atoms with Crippen molar-refractivity contribution in [1.82, 2.24) is 15.1 Å². The molecule has 0 bridgehead atoms. The summed E-state index contributed by atoms with van der Waals surface area (Å²) in [6.07, 6.45) is 7.75. The standard InChI is InChI=1S/C20H24N4O/c1-23(14-16-8-12-25-15-16)18-6-10-24(11-7-18)19-4-2-3-17(13-19)20-5-9-21-22-20/h2-5,8-9,12-13,15,18H,6-7,10-11,14H2,1H3,(H,21,22). The average molecular weight is 336 g/mol. The molecule has 5 heteroatoms. The lowest BCUT2D eigenvalue weighted by molar-refractivity contribution is 0.200. The van der Waals surface area contributed by atoms with Crippen LogP contribution in [0, 0.1) is 0 Å². The van der Waals surface area contributed by atoms with E-state index in [2.05, 4.69) is 51.3 Å². The van der Waals surface area contributed by atoms with E-state index in [-0.39, 0.29) is 0 Å². The van der Waals surface area contributed by atoms with Crippen molar-refractivity contribution in [3.63, 3.8) is 0 Å². The number of nitrogens with zero attached hydrogens (tertiary/aromatic N) is 3. The van der Waals surface area contributed by atoms with Crippen molar-refractivity contribution >= 4 is 5.69 Å². The zero-order valence-corrected chi connectivity index (χ0v) is 14.6. The van der Waals surface area contributed by atoms with Gasteiger partial charge < -0.3 is 9.32 Å². The molecule has 1 aliphatic heterocycles. The Bertz CT molecular complexity index is 774. The zero-order chi connectivity index (χ0) is 17.1. The van der Waals surface area contributed by atoms with Gasteiger partial charge in [0.15, 0.2) is 0 Å². The summed E-state index contributed by atoms with van der Waals surface area (Å²) < 4.78 is 5.18. The number of H-pyrrole nitrogens is 1. The number of piperidine rings is 1. The van der Waals surface area contributed by atoms with E-state index in [0.717, 1.165) is 25.3 Å². The van der Waals surface area contributed by atoms with Gasteiger partial charge in [0.05, 0.1) is 18.2 Å². The molecule has 1 aromatic carbocycles. The first-order valence-corrected chi connectivity index (χ1v) is 8.86. The molecule has 1 aliphatic rings. The molecule has 25 heavy (non-hydrogen) atoms. The quantitative estimate of drug-likeness (QED) is 0.770. The van der Waals surface area contributed by atoms with E-state index in [0.29, 0.717) is 6.04 Å². The fraction of sp³-hybridized carbons (Fsp3) is 0.350. The first-order valence-electron chi connectivity index (χ1n) is 8.86. The first kappa shape index (κ1) is 16.0. The first-order chi connectivity index (χ1) is 12.3. The summed E-state index contributed by atoms with van der Waals surface area (Å²) >= 11 is 0. The Morgan fingerprint density at radius 3 is 2.84 bits per heavy atom. The normalized spacial score (nSPS) is 15.8. The lowest BCUT2D eigenvalue weighted by Gasteiger charge is -2.38. The van der Waals surface area contributed by atoms with Crippen LogP contribution in [0.3, 0.4) is 0 Å². The molecule has 1 fully saturated rings. The molecule has 1 N–H and O–H groups in total. The Hall–Kier alpha value is -2.53. The molecule has 2 aromatic heterocycles. The molecule has 3 aromatic rings. The number of hydrogen-bond donors (Lipinski definition) is 1. The maximum Gasteiger partial charge on any atom is 0.0947 e. The summed E-state index contributed by atoms with van der Waals surface area (Å²) in [6, 6.07) is 13.4. The fourth-order valence-electron chi connectivity index (χ4n) is 3.65. The third-order valence-electron chi connectivity index (χ3n) is 5.12. The van der Waals surface area contributed by atoms with Crippen molar-refractivity contribution in [3.05, 3.63) is 60.7 Å². The van der Waals surface area contributed by atoms with Crippen LogP contribution in [0.4, 0.5) is 5.69 Å². The van der Waals surface area contributed by atoms with E-state index >= 15 is 0 Å². The summed E-state index contributed by atoms with van der Waals surface area (Å²) in [6.45, 7) is 3.14. The molecule has 5 nitrogen and oxygen atoms in total. The summed E-state index contributed by atoms with van der Waals surface area (Å²) in [7, 11) is 2.21. The van der Waals surface area contributed by atoms with Gasteiger partial charge in [0.1, 0.15) is 0 Å². The number of benzene rings is 1. The monoisotopic (exact) mass is 336 g/mol. The highest BCUT2D eigenvalue weighted by molar-refractivity contribution is 5.65. The Balaban J connectivity index is 1.38. The van der Waals surface area contributed by atoms with E-state index < -0.39 is 0 Å². The van der Waals surface area contributed by atoms with Gasteiger partial charge in [-0.3, -0.25) is 10.00 Å². The van der Waals surface area contributed by atoms with E-state index in [9.17, 15) is 0 Å². The highest BCUT2D eigenvalue weighted by Gasteiger charge is 2.23. The molecule has 1 saturated heterocycles. The van der Waals surface area contributed by atoms with Gasteiger partial charge in [-0.25, -0.2) is 0 Å². The van der Waals surface area contributed by atoms with Crippen molar-refractivity contribution in [2.24, 2.45) is 0 Å². The molecule has 0 saturated carbocycles. The summed E-state index contributed by atoms with van der Waals surface area (Å²) in [5, 5.41) is 7.09. The van der Waals surface area contributed by atoms with Gasteiger partial charge in [0, 0.05) is 48.7 Å². The Morgan fingerprint density at radius 1 is 1.24 bits per heavy atom. The third-order valence-corrected chi connectivity index (χ3v) is 5.12. The van der Waals surface area contributed by atoms with E-state index in [1.54, 1.807) is 12.5 Å². The van der Waals surface area contributed by atoms with E-state index in [1.807, 2.05) is 18.4 Å². The highest BCUT2D eigenvalue weighted by atomic mass is 16.3. The van der Waals surface area contributed by atoms with Crippen LogP contribution in [0.2, 0.25) is 0 Å². The van der Waals surface area contributed by atoms with Crippen molar-refractivity contribution in [1.29, 1.82) is 0 Å². The lowest BCUT2D eigenvalue weighted by Crippen LogP contribution is -2.43. The van der Waals surface area contributed by atoms with Gasteiger partial charge >= 0.3 is 0 Å². The predicted molar refractivity (Wildman–Crippen MR) is 99.4 cm³/mol. The molecule has 4 rings (SSSR count). The highest BCUT2D eigenvalue weighted by Crippen LogP contribution is 2.27. The largest absolute Gasteiger partial charge is 0.472 e. The fourth-order valence-corrected chi connectivity index (χ4v) is 3.65. The topological polar surface area (TPSA) is 48.3 Å². The van der Waals surface area contributed by atoms with Crippen LogP contribution < -0.4 is 4.90 Å². The lowest BCUT2D eigenvalue weighted by atomic mass is 10.0. The van der Waals surface area contributed by atoms with Crippen molar-refractivity contribution < 1.29 is 4.42 Å². The smallest absolute Gasteiger partial charge is 0.0947 e. The maximum absolute atomic E-state index is 5.18. The van der Waals surface area contributed by atoms with Crippen LogP contribution in [0.15, 0.2) is 59.5 Å². The van der Waals surface area contributed by atoms with Gasteiger partial charge in [-0.15, -0.1) is 0 Å². The molecular formula is C20H24N4O. The minimum atomic E-state index is 0.627. The second kappa shape index (κ2) is 7.15. The SMILES string of the molecule is CN(Cc1ccoc1)C1CCN(c2cccc(-c3ccn[nH]3)c2)CC1. The van der Waals surface area contributed by atoms with Crippen LogP contribution in [0.1, 0.15) is 18.4 Å². The van der Waals surface area contributed by atoms with E-state index in [1.165, 1.54) is 29.7 Å². The molecular weight excluding hydrogens is 312 g/mol. The van der Waals surface area contributed by atoms with Gasteiger partial charge in [-0.1, -0.05) is 12.1 Å². The number of aromatic amines is 1. The minimum Gasteiger partial charge on any atom is -0.472 e. The average Bonchev–Trinajstić information content (AvgIpc) is 3.36. The van der Waals surface area contributed by atoms with Crippen molar-refractivity contribution in [2.45, 2.75) is 25.4 Å². The van der Waals surface area contributed by atoms with Gasteiger partial charge in [0.25, 0.3) is 0 Å². The number of nitrogens with one attached hydrogen (secondary N) is 1. The number of anilines is 1. The molecule has 0 unspecified atom stereocenters. The zero-order valence-electron chi connectivity index (χ0n) is 14.6. The third kappa shape index (κ3) is 3.61. The van der Waals surface area contributed by atoms with Crippen LogP contribution in [0.25, 0.3) is 11.3 Å². The van der Waals surface area contributed by atoms with Gasteiger partial charge in [-0.2, -0.15) is 5.10 Å². The molecule has 0 spiro atoms. The van der Waals surface area contributed by atoms with Crippen molar-refractivity contribution in [3.8, 4) is 11.3 Å². The molecule has 0 radical (unpaired) electrons. The van der Waals surface area contributed by atoms with E-state index in [4.69, 9.17) is 4.42 Å². The second-order valence-electron chi connectivity index (χ2n) is 6.79. The maximum atomic E-state index is 5.18. The number of aromatic nitrogens is 2. The van der Waals surface area contributed by atoms with Gasteiger partial charge in [-0.05, 0) is 44.2 Å². The summed E-state index contributed by atoms with van der Waals surface area (Å²) in [5.41, 5.74) is 4.80. The number of furan rings is 1. The molecule has 0 atom stereocenters. The molecule has 3 heterocycles. The number of rotatable bonds is 5. The Labute approximate surface area is 148 Å². The van der Waals surface area contributed by atoms with Crippen LogP contribution in [-0.4, -0.2) is 41.3 Å². The van der Waals surface area contributed by atoms with Crippen LogP contribution >= 0.6 is 0 Å². The molecule has 0 aliphatic carbocycles. The Kier molecular flexibility index (Phi) is 4.57. The summed E-state index contributed by atoms with van der Waals surface area (Å²) in [5.74, 6) is 0. The molecule has 130 valence electrons. The minimum absolute atomic E-state index is 0.627. The second-order valence-corrected chi connectivity index (χ2v) is 6.79.